The van der Waals surface area contributed by atoms with Crippen molar-refractivity contribution in [1.29, 1.82) is 0 Å². The molecule has 120 valence electrons. The molecule has 0 radical (unpaired) electrons. The number of rotatable bonds is 5. The number of nitrogens with zero attached hydrogens (tertiary/aromatic N) is 1. The number of carbonyl (C=O) groups excluding carboxylic acids is 1. The van der Waals surface area contributed by atoms with Gasteiger partial charge in [-0.2, -0.15) is 0 Å². The maximum Gasteiger partial charge on any atom is 0.319 e. The Kier molecular flexibility index (Phi) is 4.67. The SMILES string of the molecule is CC(Nc1ccnc(Cl)c1)c1ccc(NC(=O)NC2CC2)cc1. The summed E-state index contributed by atoms with van der Waals surface area (Å²) in [6.45, 7) is 2.07. The Morgan fingerprint density at radius 1 is 1.22 bits per heavy atom. The number of amides is 2. The molecule has 1 unspecified atom stereocenters. The lowest BCUT2D eigenvalue weighted by Gasteiger charge is -2.16. The Labute approximate surface area is 140 Å². The first-order valence-corrected chi connectivity index (χ1v) is 8.03. The molecule has 0 spiro atoms. The summed E-state index contributed by atoms with van der Waals surface area (Å²) in [6, 6.07) is 11.8. The van der Waals surface area contributed by atoms with Crippen molar-refractivity contribution < 1.29 is 4.79 Å². The zero-order valence-corrected chi connectivity index (χ0v) is 13.6. The van der Waals surface area contributed by atoms with Crippen LogP contribution >= 0.6 is 11.6 Å². The highest BCUT2D eigenvalue weighted by Crippen LogP contribution is 2.22. The van der Waals surface area contributed by atoms with E-state index in [4.69, 9.17) is 11.6 Å². The fourth-order valence-electron chi connectivity index (χ4n) is 2.26. The van der Waals surface area contributed by atoms with Crippen LogP contribution in [-0.4, -0.2) is 17.1 Å². The second-order valence-corrected chi connectivity index (χ2v) is 6.12. The van der Waals surface area contributed by atoms with E-state index in [9.17, 15) is 4.79 Å². The molecule has 1 aliphatic rings. The monoisotopic (exact) mass is 330 g/mol. The molecule has 23 heavy (non-hydrogen) atoms. The van der Waals surface area contributed by atoms with E-state index >= 15 is 0 Å². The van der Waals surface area contributed by atoms with E-state index in [1.54, 1.807) is 12.3 Å². The standard InChI is InChI=1S/C17H19ClN4O/c1-11(20-15-8-9-19-16(18)10-15)12-2-4-13(5-3-12)21-17(23)22-14-6-7-14/h2-5,8-11,14H,6-7H2,1H3,(H,19,20)(H2,21,22,23). The molecule has 0 saturated heterocycles. The molecule has 6 heteroatoms. The molecule has 1 heterocycles. The van der Waals surface area contributed by atoms with Crippen molar-refractivity contribution in [3.05, 3.63) is 53.3 Å². The normalized spacial score (nSPS) is 14.9. The van der Waals surface area contributed by atoms with Gasteiger partial charge in [0.1, 0.15) is 5.15 Å². The first-order chi connectivity index (χ1) is 11.1. The number of benzene rings is 1. The maximum atomic E-state index is 11.7. The summed E-state index contributed by atoms with van der Waals surface area (Å²) in [5, 5.41) is 9.57. The van der Waals surface area contributed by atoms with Crippen molar-refractivity contribution in [3.8, 4) is 0 Å². The first kappa shape index (κ1) is 15.6. The minimum absolute atomic E-state index is 0.114. The molecule has 1 aromatic carbocycles. The minimum atomic E-state index is -0.141. The number of anilines is 2. The van der Waals surface area contributed by atoms with Crippen LogP contribution in [-0.2, 0) is 0 Å². The third-order valence-corrected chi connectivity index (χ3v) is 3.90. The van der Waals surface area contributed by atoms with Crippen LogP contribution in [0.25, 0.3) is 0 Å². The molecule has 0 aliphatic heterocycles. The second-order valence-electron chi connectivity index (χ2n) is 5.73. The highest BCUT2D eigenvalue weighted by Gasteiger charge is 2.23. The fourth-order valence-corrected chi connectivity index (χ4v) is 2.43. The lowest BCUT2D eigenvalue weighted by atomic mass is 10.1. The number of urea groups is 1. The largest absolute Gasteiger partial charge is 0.378 e. The number of nitrogens with one attached hydrogen (secondary N) is 3. The molecule has 1 aliphatic carbocycles. The summed E-state index contributed by atoms with van der Waals surface area (Å²) in [7, 11) is 0. The van der Waals surface area contributed by atoms with Gasteiger partial charge in [-0.15, -0.1) is 0 Å². The molecular weight excluding hydrogens is 312 g/mol. The quantitative estimate of drug-likeness (QED) is 0.720. The molecule has 3 rings (SSSR count). The van der Waals surface area contributed by atoms with Gasteiger partial charge >= 0.3 is 6.03 Å². The second kappa shape index (κ2) is 6.87. The highest BCUT2D eigenvalue weighted by atomic mass is 35.5. The summed E-state index contributed by atoms with van der Waals surface area (Å²) in [4.78, 5) is 15.7. The van der Waals surface area contributed by atoms with Gasteiger partial charge in [0.15, 0.2) is 0 Å². The van der Waals surface area contributed by atoms with Crippen LogP contribution in [0.1, 0.15) is 31.4 Å². The number of hydrogen-bond acceptors (Lipinski definition) is 3. The Bertz CT molecular complexity index is 685. The molecular formula is C17H19ClN4O. The predicted octanol–water partition coefficient (Wildman–Crippen LogP) is 4.19. The summed E-state index contributed by atoms with van der Waals surface area (Å²) in [5.41, 5.74) is 2.82. The van der Waals surface area contributed by atoms with Gasteiger partial charge in [-0.25, -0.2) is 9.78 Å². The van der Waals surface area contributed by atoms with E-state index in [2.05, 4.69) is 27.9 Å². The molecule has 1 atom stereocenters. The van der Waals surface area contributed by atoms with Crippen LogP contribution in [0.5, 0.6) is 0 Å². The smallest absolute Gasteiger partial charge is 0.319 e. The third kappa shape index (κ3) is 4.60. The van der Waals surface area contributed by atoms with Gasteiger partial charge in [0.05, 0.1) is 0 Å². The molecule has 1 fully saturated rings. The van der Waals surface area contributed by atoms with Gasteiger partial charge < -0.3 is 16.0 Å². The Morgan fingerprint density at radius 3 is 2.61 bits per heavy atom. The highest BCUT2D eigenvalue weighted by molar-refractivity contribution is 6.29. The van der Waals surface area contributed by atoms with Crippen molar-refractivity contribution in [2.45, 2.75) is 31.8 Å². The summed E-state index contributed by atoms with van der Waals surface area (Å²) in [6.07, 6.45) is 3.83. The Morgan fingerprint density at radius 2 is 1.96 bits per heavy atom. The molecule has 5 nitrogen and oxygen atoms in total. The summed E-state index contributed by atoms with van der Waals surface area (Å²) < 4.78 is 0. The van der Waals surface area contributed by atoms with E-state index in [1.807, 2.05) is 30.3 Å². The summed E-state index contributed by atoms with van der Waals surface area (Å²) >= 11 is 5.89. The van der Waals surface area contributed by atoms with E-state index in [0.29, 0.717) is 11.2 Å². The number of aromatic nitrogens is 1. The van der Waals surface area contributed by atoms with Crippen LogP contribution in [0.2, 0.25) is 5.15 Å². The maximum absolute atomic E-state index is 11.7. The Balaban J connectivity index is 1.58. The van der Waals surface area contributed by atoms with Crippen LogP contribution in [0, 0.1) is 0 Å². The molecule has 0 bridgehead atoms. The van der Waals surface area contributed by atoms with Crippen molar-refractivity contribution >= 4 is 29.0 Å². The molecule has 2 amide bonds. The topological polar surface area (TPSA) is 66.0 Å². The number of halogens is 1. The number of pyridine rings is 1. The van der Waals surface area contributed by atoms with Crippen LogP contribution in [0.15, 0.2) is 42.6 Å². The zero-order valence-electron chi connectivity index (χ0n) is 12.8. The van der Waals surface area contributed by atoms with E-state index in [0.717, 1.165) is 29.8 Å². The van der Waals surface area contributed by atoms with Gasteiger partial charge in [0, 0.05) is 29.7 Å². The molecule has 2 aromatic rings. The summed E-state index contributed by atoms with van der Waals surface area (Å²) in [5.74, 6) is 0. The lowest BCUT2D eigenvalue weighted by molar-refractivity contribution is 0.251. The fraction of sp³-hybridized carbons (Fsp3) is 0.294. The van der Waals surface area contributed by atoms with Crippen molar-refractivity contribution in [3.63, 3.8) is 0 Å². The van der Waals surface area contributed by atoms with Gasteiger partial charge in [-0.05, 0) is 49.6 Å². The van der Waals surface area contributed by atoms with Crippen molar-refractivity contribution in [1.82, 2.24) is 10.3 Å². The van der Waals surface area contributed by atoms with Crippen LogP contribution in [0.4, 0.5) is 16.2 Å². The van der Waals surface area contributed by atoms with E-state index < -0.39 is 0 Å². The average Bonchev–Trinajstić information content (AvgIpc) is 3.31. The molecule has 3 N–H and O–H groups in total. The lowest BCUT2D eigenvalue weighted by Crippen LogP contribution is -2.30. The van der Waals surface area contributed by atoms with Crippen LogP contribution in [0.3, 0.4) is 0 Å². The average molecular weight is 331 g/mol. The first-order valence-electron chi connectivity index (χ1n) is 7.66. The predicted molar refractivity (Wildman–Crippen MR) is 92.9 cm³/mol. The van der Waals surface area contributed by atoms with Gasteiger partial charge in [0.25, 0.3) is 0 Å². The third-order valence-electron chi connectivity index (χ3n) is 3.69. The van der Waals surface area contributed by atoms with Gasteiger partial charge in [-0.1, -0.05) is 23.7 Å². The van der Waals surface area contributed by atoms with Gasteiger partial charge in [-0.3, -0.25) is 0 Å². The van der Waals surface area contributed by atoms with Crippen molar-refractivity contribution in [2.75, 3.05) is 10.6 Å². The van der Waals surface area contributed by atoms with Crippen LogP contribution < -0.4 is 16.0 Å². The Hall–Kier alpha value is -2.27. The zero-order chi connectivity index (χ0) is 16.2. The number of carbonyl (C=O) groups is 1. The minimum Gasteiger partial charge on any atom is -0.378 e. The van der Waals surface area contributed by atoms with E-state index in [1.165, 1.54) is 0 Å². The van der Waals surface area contributed by atoms with E-state index in [-0.39, 0.29) is 12.1 Å². The van der Waals surface area contributed by atoms with Gasteiger partial charge in [0.2, 0.25) is 0 Å². The molecule has 1 saturated carbocycles. The number of hydrogen-bond donors (Lipinski definition) is 3. The van der Waals surface area contributed by atoms with Crippen molar-refractivity contribution in [2.24, 2.45) is 0 Å². The molecule has 1 aromatic heterocycles.